The Labute approximate surface area is 150 Å². The van der Waals surface area contributed by atoms with Crippen LogP contribution in [0.4, 0.5) is 0 Å². The Kier molecular flexibility index (Phi) is 4.53. The molecule has 0 bridgehead atoms. The second-order valence-corrected chi connectivity index (χ2v) is 6.60. The molecule has 0 saturated carbocycles. The molecule has 26 heavy (non-hydrogen) atoms. The number of benzene rings is 1. The Bertz CT molecular complexity index is 882. The Morgan fingerprint density at radius 2 is 1.88 bits per heavy atom. The SMILES string of the molecule is COC(=O)[C@H]1[C@@H](c2ccc(OC)c(OC)c2)c2c([nH][nH]c2=O)C[C@@]1(C)O. The normalized spacial score (nSPS) is 24.7. The fraction of sp³-hybridized carbons (Fsp3) is 0.444. The lowest BCUT2D eigenvalue weighted by atomic mass is 9.66. The van der Waals surface area contributed by atoms with E-state index in [0.29, 0.717) is 28.3 Å². The Morgan fingerprint density at radius 1 is 1.19 bits per heavy atom. The van der Waals surface area contributed by atoms with Gasteiger partial charge in [-0.2, -0.15) is 0 Å². The number of carbonyl (C=O) groups excluding carboxylic acids is 1. The number of methoxy groups -OCH3 is 3. The minimum Gasteiger partial charge on any atom is -0.493 e. The summed E-state index contributed by atoms with van der Waals surface area (Å²) in [7, 11) is 4.29. The van der Waals surface area contributed by atoms with Crippen LogP contribution in [0.15, 0.2) is 23.0 Å². The second kappa shape index (κ2) is 6.53. The van der Waals surface area contributed by atoms with Crippen molar-refractivity contribution in [3.8, 4) is 11.5 Å². The second-order valence-electron chi connectivity index (χ2n) is 6.60. The number of hydrogen-bond donors (Lipinski definition) is 3. The number of aromatic amines is 2. The molecule has 0 aliphatic heterocycles. The van der Waals surface area contributed by atoms with E-state index >= 15 is 0 Å². The molecular formula is C18H22N2O6. The Morgan fingerprint density at radius 3 is 2.50 bits per heavy atom. The molecule has 140 valence electrons. The van der Waals surface area contributed by atoms with E-state index in [2.05, 4.69) is 10.2 Å². The quantitative estimate of drug-likeness (QED) is 0.698. The standard InChI is InChI=1S/C18H22N2O6/c1-18(23)8-10-14(16(21)20-19-10)13(15(18)17(22)26-4)9-5-6-11(24-2)12(7-9)25-3/h5-7,13,15,23H,8H2,1-4H3,(H2,19,20,21)/t13-,15+,18+/m0/s1. The van der Waals surface area contributed by atoms with Crippen LogP contribution in [-0.2, 0) is 16.0 Å². The lowest BCUT2D eigenvalue weighted by Crippen LogP contribution is -2.49. The van der Waals surface area contributed by atoms with E-state index in [0.717, 1.165) is 0 Å². The summed E-state index contributed by atoms with van der Waals surface area (Å²) < 4.78 is 15.5. The molecular weight excluding hydrogens is 340 g/mol. The van der Waals surface area contributed by atoms with E-state index in [1.54, 1.807) is 25.1 Å². The van der Waals surface area contributed by atoms with Crippen molar-refractivity contribution in [1.29, 1.82) is 0 Å². The third kappa shape index (κ3) is 2.76. The predicted octanol–water partition coefficient (Wildman–Crippen LogP) is 0.948. The summed E-state index contributed by atoms with van der Waals surface area (Å²) in [6, 6.07) is 5.16. The van der Waals surface area contributed by atoms with Gasteiger partial charge in [-0.1, -0.05) is 6.07 Å². The van der Waals surface area contributed by atoms with Crippen molar-refractivity contribution < 1.29 is 24.1 Å². The molecule has 1 aliphatic rings. The van der Waals surface area contributed by atoms with Crippen LogP contribution in [0, 0.1) is 5.92 Å². The summed E-state index contributed by atoms with van der Waals surface area (Å²) in [6.45, 7) is 1.57. The highest BCUT2D eigenvalue weighted by Crippen LogP contribution is 2.45. The average Bonchev–Trinajstić information content (AvgIpc) is 2.98. The summed E-state index contributed by atoms with van der Waals surface area (Å²) in [4.78, 5) is 24.9. The van der Waals surface area contributed by atoms with Crippen LogP contribution < -0.4 is 15.0 Å². The Hall–Kier alpha value is -2.74. The minimum atomic E-state index is -1.40. The van der Waals surface area contributed by atoms with Crippen molar-refractivity contribution in [3.63, 3.8) is 0 Å². The molecule has 1 heterocycles. The van der Waals surface area contributed by atoms with Gasteiger partial charge < -0.3 is 24.4 Å². The highest BCUT2D eigenvalue weighted by molar-refractivity contribution is 5.77. The van der Waals surface area contributed by atoms with Gasteiger partial charge in [-0.25, -0.2) is 0 Å². The lowest BCUT2D eigenvalue weighted by molar-refractivity contribution is -0.156. The van der Waals surface area contributed by atoms with E-state index in [1.165, 1.54) is 21.3 Å². The summed E-state index contributed by atoms with van der Waals surface area (Å²) in [5, 5.41) is 16.3. The molecule has 3 atom stereocenters. The summed E-state index contributed by atoms with van der Waals surface area (Å²) in [5.74, 6) is -1.24. The van der Waals surface area contributed by atoms with Gasteiger partial charge in [0.2, 0.25) is 0 Å². The lowest BCUT2D eigenvalue weighted by Gasteiger charge is -2.40. The van der Waals surface area contributed by atoms with Crippen LogP contribution in [0.2, 0.25) is 0 Å². The van der Waals surface area contributed by atoms with Crippen molar-refractivity contribution in [2.24, 2.45) is 5.92 Å². The minimum absolute atomic E-state index is 0.130. The van der Waals surface area contributed by atoms with E-state index < -0.39 is 23.4 Å². The smallest absolute Gasteiger partial charge is 0.312 e. The zero-order chi connectivity index (χ0) is 19.1. The van der Waals surface area contributed by atoms with Crippen LogP contribution in [0.3, 0.4) is 0 Å². The molecule has 0 amide bonds. The molecule has 2 aromatic rings. The number of H-pyrrole nitrogens is 2. The average molecular weight is 362 g/mol. The number of hydrogen-bond acceptors (Lipinski definition) is 6. The number of aliphatic hydroxyl groups is 1. The van der Waals surface area contributed by atoms with Crippen molar-refractivity contribution in [1.82, 2.24) is 10.2 Å². The summed E-state index contributed by atoms with van der Waals surface area (Å²) in [5.41, 5.74) is -0.101. The van der Waals surface area contributed by atoms with Gasteiger partial charge in [0.1, 0.15) is 0 Å². The van der Waals surface area contributed by atoms with E-state index in [1.807, 2.05) is 0 Å². The van der Waals surface area contributed by atoms with E-state index in [4.69, 9.17) is 14.2 Å². The molecule has 1 aromatic carbocycles. The third-order valence-corrected chi connectivity index (χ3v) is 4.97. The monoisotopic (exact) mass is 362 g/mol. The molecule has 8 heteroatoms. The van der Waals surface area contributed by atoms with E-state index in [-0.39, 0.29) is 12.0 Å². The highest BCUT2D eigenvalue weighted by Gasteiger charge is 2.51. The molecule has 0 saturated heterocycles. The van der Waals surface area contributed by atoms with Crippen molar-refractivity contribution in [3.05, 3.63) is 45.4 Å². The third-order valence-electron chi connectivity index (χ3n) is 4.97. The number of aromatic nitrogens is 2. The van der Waals surface area contributed by atoms with Gasteiger partial charge >= 0.3 is 5.97 Å². The first-order valence-electron chi connectivity index (χ1n) is 8.15. The van der Waals surface area contributed by atoms with Crippen molar-refractivity contribution in [2.75, 3.05) is 21.3 Å². The van der Waals surface area contributed by atoms with Gasteiger partial charge in [0.15, 0.2) is 11.5 Å². The van der Waals surface area contributed by atoms with Gasteiger partial charge in [-0.05, 0) is 24.6 Å². The van der Waals surface area contributed by atoms with Crippen LogP contribution >= 0.6 is 0 Å². The van der Waals surface area contributed by atoms with Gasteiger partial charge in [-0.3, -0.25) is 14.7 Å². The first-order chi connectivity index (χ1) is 12.3. The van der Waals surface area contributed by atoms with E-state index in [9.17, 15) is 14.7 Å². The number of fused-ring (bicyclic) bond motifs is 1. The molecule has 0 fully saturated rings. The van der Waals surface area contributed by atoms with Crippen molar-refractivity contribution in [2.45, 2.75) is 24.9 Å². The molecule has 0 radical (unpaired) electrons. The molecule has 3 rings (SSSR count). The van der Waals surface area contributed by atoms with Crippen LogP contribution in [0.5, 0.6) is 11.5 Å². The molecule has 0 spiro atoms. The first kappa shape index (κ1) is 18.1. The van der Waals surface area contributed by atoms with Crippen LogP contribution in [0.25, 0.3) is 0 Å². The number of esters is 1. The number of nitrogens with one attached hydrogen (secondary N) is 2. The van der Waals surface area contributed by atoms with Gasteiger partial charge in [0.25, 0.3) is 5.56 Å². The first-order valence-corrected chi connectivity index (χ1v) is 8.15. The van der Waals surface area contributed by atoms with Gasteiger partial charge in [-0.15, -0.1) is 0 Å². The summed E-state index contributed by atoms with van der Waals surface area (Å²) >= 11 is 0. The maximum Gasteiger partial charge on any atom is 0.312 e. The van der Waals surface area contributed by atoms with Gasteiger partial charge in [0.05, 0.1) is 32.8 Å². The topological polar surface area (TPSA) is 114 Å². The molecule has 1 aromatic heterocycles. The maximum atomic E-state index is 12.5. The number of carbonyl (C=O) groups is 1. The summed E-state index contributed by atoms with van der Waals surface area (Å²) in [6.07, 6.45) is 0.130. The number of ether oxygens (including phenoxy) is 3. The maximum absolute atomic E-state index is 12.5. The Balaban J connectivity index is 2.25. The van der Waals surface area contributed by atoms with Gasteiger partial charge in [0, 0.05) is 23.6 Å². The molecule has 1 aliphatic carbocycles. The van der Waals surface area contributed by atoms with Crippen LogP contribution in [-0.4, -0.2) is 48.2 Å². The van der Waals surface area contributed by atoms with Crippen molar-refractivity contribution >= 4 is 5.97 Å². The fourth-order valence-corrected chi connectivity index (χ4v) is 3.79. The predicted molar refractivity (Wildman–Crippen MR) is 92.6 cm³/mol. The molecule has 3 N–H and O–H groups in total. The zero-order valence-electron chi connectivity index (χ0n) is 15.1. The largest absolute Gasteiger partial charge is 0.493 e. The number of rotatable bonds is 4. The van der Waals surface area contributed by atoms with Crippen LogP contribution in [0.1, 0.15) is 29.7 Å². The highest BCUT2D eigenvalue weighted by atomic mass is 16.5. The molecule has 8 nitrogen and oxygen atoms in total. The molecule has 0 unspecified atom stereocenters. The zero-order valence-corrected chi connectivity index (χ0v) is 15.1. The fourth-order valence-electron chi connectivity index (χ4n) is 3.79.